The molecule has 0 saturated heterocycles. The van der Waals surface area contributed by atoms with Crippen LogP contribution in [0.3, 0.4) is 0 Å². The molecule has 2 aliphatic rings. The fourth-order valence-electron chi connectivity index (χ4n) is 3.01. The van der Waals surface area contributed by atoms with Gasteiger partial charge in [0.2, 0.25) is 0 Å². The second-order valence-corrected chi connectivity index (χ2v) is 6.46. The molecule has 140 valence electrons. The van der Waals surface area contributed by atoms with E-state index in [4.69, 9.17) is 26.1 Å². The van der Waals surface area contributed by atoms with Crippen molar-refractivity contribution in [2.75, 3.05) is 11.6 Å². The Morgan fingerprint density at radius 2 is 1.85 bits per heavy atom. The van der Waals surface area contributed by atoms with Crippen LogP contribution in [0.25, 0.3) is 5.70 Å². The maximum atomic E-state index is 11.7. The first-order valence-corrected chi connectivity index (χ1v) is 8.84. The summed E-state index contributed by atoms with van der Waals surface area (Å²) in [5, 5.41) is 23.9. The van der Waals surface area contributed by atoms with Crippen molar-refractivity contribution in [2.24, 2.45) is 16.0 Å². The lowest BCUT2D eigenvalue weighted by molar-refractivity contribution is -0.176. The molecule has 0 bridgehead atoms. The molecule has 0 radical (unpaired) electrons. The van der Waals surface area contributed by atoms with E-state index in [1.165, 1.54) is 11.9 Å². The van der Waals surface area contributed by atoms with E-state index in [1.807, 2.05) is 48.5 Å². The fourth-order valence-corrected chi connectivity index (χ4v) is 3.30. The van der Waals surface area contributed by atoms with Crippen LogP contribution in [0.4, 0.5) is 5.69 Å². The average molecular weight is 386 g/mol. The number of anilines is 1. The van der Waals surface area contributed by atoms with Gasteiger partial charge in [-0.1, -0.05) is 12.1 Å². The number of primary amides is 1. The Morgan fingerprint density at radius 3 is 2.52 bits per heavy atom. The van der Waals surface area contributed by atoms with Crippen molar-refractivity contribution in [2.45, 2.75) is 11.3 Å². The summed E-state index contributed by atoms with van der Waals surface area (Å²) < 4.78 is 5.83. The van der Waals surface area contributed by atoms with E-state index in [0.717, 1.165) is 33.2 Å². The summed E-state index contributed by atoms with van der Waals surface area (Å²) in [6.07, 6.45) is 0.395. The highest BCUT2D eigenvalue weighted by Gasteiger charge is 2.31. The number of ether oxygens (including phenoxy) is 1. The minimum atomic E-state index is -0.524. The quantitative estimate of drug-likeness (QED) is 0.362. The summed E-state index contributed by atoms with van der Waals surface area (Å²) in [5.74, 6) is 0.280. The van der Waals surface area contributed by atoms with Crippen LogP contribution in [0, 0.1) is 0 Å². The molecule has 0 aromatic heterocycles. The SMILES string of the molecule is NSc1ccc(N2N=C(C(N)=O)CC3=C2c2ccccc2OC3)cc1.OO. The van der Waals surface area contributed by atoms with Crippen LogP contribution in [0.15, 0.2) is 64.1 Å². The van der Waals surface area contributed by atoms with Gasteiger partial charge in [-0.3, -0.25) is 20.4 Å². The Balaban J connectivity index is 0.00000102. The molecule has 0 saturated carbocycles. The van der Waals surface area contributed by atoms with Gasteiger partial charge in [-0.25, -0.2) is 5.01 Å². The highest BCUT2D eigenvalue weighted by atomic mass is 32.2. The second-order valence-electron chi connectivity index (χ2n) is 5.75. The van der Waals surface area contributed by atoms with Crippen molar-refractivity contribution in [3.05, 3.63) is 59.7 Å². The molecular formula is C18H18N4O4S. The monoisotopic (exact) mass is 386 g/mol. The third-order valence-electron chi connectivity index (χ3n) is 4.19. The summed E-state index contributed by atoms with van der Waals surface area (Å²) in [6, 6.07) is 15.5. The van der Waals surface area contributed by atoms with Gasteiger partial charge in [0.25, 0.3) is 5.91 Å². The molecule has 2 aliphatic heterocycles. The Kier molecular flexibility index (Phi) is 5.77. The molecule has 27 heavy (non-hydrogen) atoms. The molecule has 0 aliphatic carbocycles. The molecule has 6 N–H and O–H groups in total. The van der Waals surface area contributed by atoms with Crippen molar-refractivity contribution in [1.82, 2.24) is 0 Å². The van der Waals surface area contributed by atoms with Crippen LogP contribution in [0.2, 0.25) is 0 Å². The number of benzene rings is 2. The van der Waals surface area contributed by atoms with E-state index in [2.05, 4.69) is 5.10 Å². The van der Waals surface area contributed by atoms with E-state index in [-0.39, 0.29) is 0 Å². The molecule has 0 fully saturated rings. The number of nitrogens with two attached hydrogens (primary N) is 2. The van der Waals surface area contributed by atoms with Gasteiger partial charge in [-0.05, 0) is 53.9 Å². The molecule has 1 amide bonds. The molecule has 2 heterocycles. The van der Waals surface area contributed by atoms with Gasteiger partial charge in [0, 0.05) is 16.9 Å². The van der Waals surface area contributed by atoms with Gasteiger partial charge in [-0.15, -0.1) is 0 Å². The highest BCUT2D eigenvalue weighted by Crippen LogP contribution is 2.41. The van der Waals surface area contributed by atoms with Crippen molar-refractivity contribution >= 4 is 35.0 Å². The van der Waals surface area contributed by atoms with E-state index < -0.39 is 5.91 Å². The number of hydrogen-bond acceptors (Lipinski definition) is 8. The third kappa shape index (κ3) is 3.67. The van der Waals surface area contributed by atoms with Gasteiger partial charge in [-0.2, -0.15) is 5.10 Å². The van der Waals surface area contributed by atoms with Crippen LogP contribution in [0.5, 0.6) is 5.75 Å². The zero-order valence-corrected chi connectivity index (χ0v) is 15.0. The Labute approximate surface area is 159 Å². The number of fused-ring (bicyclic) bond motifs is 2. The van der Waals surface area contributed by atoms with E-state index in [1.54, 1.807) is 5.01 Å². The molecule has 4 rings (SSSR count). The highest BCUT2D eigenvalue weighted by molar-refractivity contribution is 7.97. The topological polar surface area (TPSA) is 134 Å². The minimum Gasteiger partial charge on any atom is -0.488 e. The molecule has 0 atom stereocenters. The van der Waals surface area contributed by atoms with Crippen molar-refractivity contribution < 1.29 is 20.0 Å². The van der Waals surface area contributed by atoms with Gasteiger partial charge >= 0.3 is 0 Å². The molecule has 0 unspecified atom stereocenters. The zero-order valence-electron chi connectivity index (χ0n) is 14.2. The van der Waals surface area contributed by atoms with Crippen molar-refractivity contribution in [1.29, 1.82) is 0 Å². The van der Waals surface area contributed by atoms with Crippen LogP contribution in [-0.4, -0.2) is 28.7 Å². The summed E-state index contributed by atoms with van der Waals surface area (Å²) in [6.45, 7) is 0.409. The third-order valence-corrected chi connectivity index (χ3v) is 4.74. The second kappa shape index (κ2) is 8.23. The van der Waals surface area contributed by atoms with Crippen LogP contribution < -0.4 is 20.6 Å². The number of carbonyl (C=O) groups excluding carboxylic acids is 1. The van der Waals surface area contributed by atoms with Crippen LogP contribution in [-0.2, 0) is 4.79 Å². The van der Waals surface area contributed by atoms with Crippen LogP contribution in [0.1, 0.15) is 12.0 Å². The van der Waals surface area contributed by atoms with Gasteiger partial charge in [0.1, 0.15) is 18.1 Å². The number of hydrogen-bond donors (Lipinski definition) is 4. The summed E-state index contributed by atoms with van der Waals surface area (Å²) in [7, 11) is 0. The van der Waals surface area contributed by atoms with Gasteiger partial charge in [0.15, 0.2) is 0 Å². The van der Waals surface area contributed by atoms with Gasteiger partial charge < -0.3 is 10.5 Å². The number of carbonyl (C=O) groups is 1. The maximum absolute atomic E-state index is 11.7. The number of hydrazone groups is 1. The predicted molar refractivity (Wildman–Crippen MR) is 104 cm³/mol. The lowest BCUT2D eigenvalue weighted by Gasteiger charge is -2.34. The lowest BCUT2D eigenvalue weighted by Crippen LogP contribution is -2.34. The van der Waals surface area contributed by atoms with Crippen molar-refractivity contribution in [3.8, 4) is 5.75 Å². The molecule has 9 heteroatoms. The Morgan fingerprint density at radius 1 is 1.15 bits per heavy atom. The Bertz CT molecular complexity index is 912. The van der Waals surface area contributed by atoms with E-state index >= 15 is 0 Å². The van der Waals surface area contributed by atoms with Crippen LogP contribution >= 0.6 is 11.9 Å². The predicted octanol–water partition coefficient (Wildman–Crippen LogP) is 2.52. The number of rotatable bonds is 3. The summed E-state index contributed by atoms with van der Waals surface area (Å²) >= 11 is 1.18. The first-order chi connectivity index (χ1) is 13.2. The first kappa shape index (κ1) is 18.9. The summed E-state index contributed by atoms with van der Waals surface area (Å²) in [4.78, 5) is 12.7. The molecule has 2 aromatic carbocycles. The molecule has 0 spiro atoms. The average Bonchev–Trinajstić information content (AvgIpc) is 2.74. The number of nitrogens with zero attached hydrogens (tertiary/aromatic N) is 2. The maximum Gasteiger partial charge on any atom is 0.265 e. The lowest BCUT2D eigenvalue weighted by atomic mass is 9.96. The number of para-hydroxylation sites is 1. The Hall–Kier alpha value is -2.85. The number of amides is 1. The zero-order chi connectivity index (χ0) is 19.4. The smallest absolute Gasteiger partial charge is 0.265 e. The first-order valence-electron chi connectivity index (χ1n) is 7.96. The molecular weight excluding hydrogens is 368 g/mol. The minimum absolute atomic E-state index is 0.319. The van der Waals surface area contributed by atoms with E-state index in [9.17, 15) is 4.79 Å². The molecule has 2 aromatic rings. The summed E-state index contributed by atoms with van der Waals surface area (Å²) in [5.41, 5.74) is 9.52. The normalized spacial score (nSPS) is 14.9. The van der Waals surface area contributed by atoms with E-state index in [0.29, 0.717) is 18.7 Å². The molecule has 8 nitrogen and oxygen atoms in total. The van der Waals surface area contributed by atoms with Gasteiger partial charge in [0.05, 0.1) is 11.4 Å². The largest absolute Gasteiger partial charge is 0.488 e. The standard InChI is InChI=1S/C18H16N4O2S.H2O2/c19-18(23)15-9-11-10-24-16-4-2-1-3-14(16)17(11)22(21-15)12-5-7-13(25-20)8-6-12;1-2/h1-8H,9-10,20H2,(H2,19,23);1-2H. The fraction of sp³-hybridized carbons (Fsp3) is 0.111. The van der Waals surface area contributed by atoms with Crippen molar-refractivity contribution in [3.63, 3.8) is 0 Å².